The van der Waals surface area contributed by atoms with Gasteiger partial charge in [-0.1, -0.05) is 11.6 Å². The van der Waals surface area contributed by atoms with Crippen LogP contribution in [0.15, 0.2) is 21.4 Å². The van der Waals surface area contributed by atoms with Gasteiger partial charge < -0.3 is 4.98 Å². The van der Waals surface area contributed by atoms with E-state index in [0.717, 1.165) is 28.3 Å². The summed E-state index contributed by atoms with van der Waals surface area (Å²) in [5, 5.41) is 0.617. The van der Waals surface area contributed by atoms with Gasteiger partial charge in [0, 0.05) is 10.5 Å². The van der Waals surface area contributed by atoms with Crippen LogP contribution in [0.5, 0.6) is 0 Å². The number of nitrogens with one attached hydrogen (secondary N) is 1. The minimum absolute atomic E-state index is 0.0401. The van der Waals surface area contributed by atoms with E-state index in [1.807, 2.05) is 10.6 Å². The number of hydrogen-bond acceptors (Lipinski definition) is 1. The van der Waals surface area contributed by atoms with E-state index in [9.17, 15) is 4.79 Å². The molecule has 15 heavy (non-hydrogen) atoms. The van der Waals surface area contributed by atoms with Crippen LogP contribution in [-0.4, -0.2) is 9.55 Å². The molecular formula is C10H8BrClN2O. The van der Waals surface area contributed by atoms with Crippen molar-refractivity contribution < 1.29 is 0 Å². The molecule has 0 unspecified atom stereocenters. The highest BCUT2D eigenvalue weighted by molar-refractivity contribution is 9.10. The quantitative estimate of drug-likeness (QED) is 0.860. The Morgan fingerprint density at radius 2 is 2.20 bits per heavy atom. The molecule has 1 saturated carbocycles. The normalized spacial score (nSPS) is 16.1. The van der Waals surface area contributed by atoms with Crippen LogP contribution in [0.2, 0.25) is 5.02 Å². The van der Waals surface area contributed by atoms with Crippen LogP contribution < -0.4 is 5.69 Å². The Hall–Kier alpha value is -0.740. The van der Waals surface area contributed by atoms with Crippen molar-refractivity contribution in [1.82, 2.24) is 9.55 Å². The van der Waals surface area contributed by atoms with Gasteiger partial charge in [0.25, 0.3) is 0 Å². The third kappa shape index (κ3) is 1.43. The molecule has 1 aromatic heterocycles. The number of fused-ring (bicyclic) bond motifs is 1. The lowest BCUT2D eigenvalue weighted by atomic mass is 10.3. The predicted molar refractivity (Wildman–Crippen MR) is 63.5 cm³/mol. The third-order valence-electron chi connectivity index (χ3n) is 2.67. The van der Waals surface area contributed by atoms with Crippen LogP contribution in [0.1, 0.15) is 18.9 Å². The summed E-state index contributed by atoms with van der Waals surface area (Å²) in [6.45, 7) is 0. The van der Waals surface area contributed by atoms with Crippen molar-refractivity contribution in [2.24, 2.45) is 0 Å². The molecule has 1 N–H and O–H groups in total. The second kappa shape index (κ2) is 3.12. The fraction of sp³-hybridized carbons (Fsp3) is 0.300. The Morgan fingerprint density at radius 1 is 1.47 bits per heavy atom. The summed E-state index contributed by atoms with van der Waals surface area (Å²) in [7, 11) is 0. The average Bonchev–Trinajstić information content (AvgIpc) is 2.93. The highest BCUT2D eigenvalue weighted by atomic mass is 79.9. The lowest BCUT2D eigenvalue weighted by Gasteiger charge is -2.01. The van der Waals surface area contributed by atoms with Crippen molar-refractivity contribution >= 4 is 38.6 Å². The smallest absolute Gasteiger partial charge is 0.305 e. The molecule has 1 fully saturated rings. The van der Waals surface area contributed by atoms with Gasteiger partial charge in [-0.2, -0.15) is 0 Å². The summed E-state index contributed by atoms with van der Waals surface area (Å²) in [5.41, 5.74) is 1.69. The first-order valence-corrected chi connectivity index (χ1v) is 5.93. The zero-order chi connectivity index (χ0) is 10.6. The molecule has 3 rings (SSSR count). The van der Waals surface area contributed by atoms with E-state index in [0.29, 0.717) is 11.1 Å². The van der Waals surface area contributed by atoms with E-state index in [1.165, 1.54) is 0 Å². The fourth-order valence-electron chi connectivity index (χ4n) is 1.82. The summed E-state index contributed by atoms with van der Waals surface area (Å²) in [4.78, 5) is 14.5. The number of nitrogens with zero attached hydrogens (tertiary/aromatic N) is 1. The molecule has 1 aromatic carbocycles. The second-order valence-corrected chi connectivity index (χ2v) is 5.08. The summed E-state index contributed by atoms with van der Waals surface area (Å²) in [6.07, 6.45) is 2.18. The molecule has 0 saturated heterocycles. The topological polar surface area (TPSA) is 37.8 Å². The number of rotatable bonds is 1. The largest absolute Gasteiger partial charge is 0.326 e. The van der Waals surface area contributed by atoms with E-state index in [4.69, 9.17) is 11.6 Å². The highest BCUT2D eigenvalue weighted by Gasteiger charge is 2.27. The number of benzene rings is 1. The van der Waals surface area contributed by atoms with Crippen molar-refractivity contribution in [1.29, 1.82) is 0 Å². The number of aromatic nitrogens is 2. The van der Waals surface area contributed by atoms with E-state index in [-0.39, 0.29) is 5.69 Å². The highest BCUT2D eigenvalue weighted by Crippen LogP contribution is 2.37. The number of H-pyrrole nitrogens is 1. The maximum Gasteiger partial charge on any atom is 0.326 e. The van der Waals surface area contributed by atoms with E-state index < -0.39 is 0 Å². The van der Waals surface area contributed by atoms with Crippen molar-refractivity contribution in [3.8, 4) is 0 Å². The van der Waals surface area contributed by atoms with Crippen LogP contribution in [0.4, 0.5) is 0 Å². The Kier molecular flexibility index (Phi) is 1.97. The molecule has 78 valence electrons. The predicted octanol–water partition coefficient (Wildman–Crippen LogP) is 3.08. The van der Waals surface area contributed by atoms with Gasteiger partial charge in [0.05, 0.1) is 16.1 Å². The molecule has 1 aliphatic rings. The first-order valence-electron chi connectivity index (χ1n) is 4.76. The Labute approximate surface area is 99.2 Å². The van der Waals surface area contributed by atoms with Crippen molar-refractivity contribution in [2.75, 3.05) is 0 Å². The van der Waals surface area contributed by atoms with Gasteiger partial charge in [-0.05, 0) is 40.9 Å². The molecular weight excluding hydrogens is 279 g/mol. The van der Waals surface area contributed by atoms with E-state index >= 15 is 0 Å². The maximum absolute atomic E-state index is 11.7. The van der Waals surface area contributed by atoms with Crippen LogP contribution >= 0.6 is 27.5 Å². The number of halogens is 2. The standard InChI is InChI=1S/C10H8BrClN2O/c11-6-3-9-8(4-7(6)12)13-10(15)14(9)5-1-2-5/h3-5H,1-2H2,(H,13,15). The van der Waals surface area contributed by atoms with Crippen molar-refractivity contribution in [3.63, 3.8) is 0 Å². The molecule has 0 bridgehead atoms. The van der Waals surface area contributed by atoms with Crippen LogP contribution in [0.3, 0.4) is 0 Å². The third-order valence-corrected chi connectivity index (χ3v) is 3.87. The molecule has 2 aromatic rings. The van der Waals surface area contributed by atoms with Gasteiger partial charge in [0.2, 0.25) is 0 Å². The minimum Gasteiger partial charge on any atom is -0.305 e. The first kappa shape index (κ1) is 9.48. The first-order chi connectivity index (χ1) is 7.16. The minimum atomic E-state index is -0.0401. The van der Waals surface area contributed by atoms with Gasteiger partial charge in [0.15, 0.2) is 0 Å². The zero-order valence-electron chi connectivity index (χ0n) is 7.76. The SMILES string of the molecule is O=c1[nH]c2cc(Cl)c(Br)cc2n1C1CC1. The van der Waals surface area contributed by atoms with Gasteiger partial charge in [0.1, 0.15) is 0 Å². The van der Waals surface area contributed by atoms with Crippen LogP contribution in [0.25, 0.3) is 11.0 Å². The summed E-state index contributed by atoms with van der Waals surface area (Å²) < 4.78 is 2.64. The molecule has 1 aliphatic carbocycles. The lowest BCUT2D eigenvalue weighted by Crippen LogP contribution is -2.14. The number of hydrogen-bond donors (Lipinski definition) is 1. The zero-order valence-corrected chi connectivity index (χ0v) is 10.1. The van der Waals surface area contributed by atoms with Crippen molar-refractivity contribution in [3.05, 3.63) is 32.1 Å². The second-order valence-electron chi connectivity index (χ2n) is 3.81. The average molecular weight is 288 g/mol. The molecule has 0 radical (unpaired) electrons. The molecule has 0 spiro atoms. The lowest BCUT2D eigenvalue weighted by molar-refractivity contribution is 0.733. The monoisotopic (exact) mass is 286 g/mol. The Bertz CT molecular complexity index is 597. The number of aromatic amines is 1. The molecule has 0 amide bonds. The van der Waals surface area contributed by atoms with E-state index in [1.54, 1.807) is 6.07 Å². The summed E-state index contributed by atoms with van der Waals surface area (Å²) >= 11 is 9.33. The van der Waals surface area contributed by atoms with Gasteiger partial charge in [-0.25, -0.2) is 4.79 Å². The molecule has 3 nitrogen and oxygen atoms in total. The van der Waals surface area contributed by atoms with Gasteiger partial charge >= 0.3 is 5.69 Å². The van der Waals surface area contributed by atoms with E-state index in [2.05, 4.69) is 20.9 Å². The Morgan fingerprint density at radius 3 is 2.87 bits per heavy atom. The fourth-order valence-corrected chi connectivity index (χ4v) is 2.31. The summed E-state index contributed by atoms with van der Waals surface area (Å²) in [6, 6.07) is 4.05. The number of imidazole rings is 1. The molecule has 0 aliphatic heterocycles. The van der Waals surface area contributed by atoms with Crippen LogP contribution in [0, 0.1) is 0 Å². The maximum atomic E-state index is 11.7. The Balaban J connectivity index is 2.39. The van der Waals surface area contributed by atoms with Crippen molar-refractivity contribution in [2.45, 2.75) is 18.9 Å². The van der Waals surface area contributed by atoms with Crippen LogP contribution in [-0.2, 0) is 0 Å². The summed E-state index contributed by atoms with van der Waals surface area (Å²) in [5.74, 6) is 0. The molecule has 0 atom stereocenters. The molecule has 5 heteroatoms. The molecule has 1 heterocycles. The van der Waals surface area contributed by atoms with Gasteiger partial charge in [-0.3, -0.25) is 4.57 Å². The van der Waals surface area contributed by atoms with Gasteiger partial charge in [-0.15, -0.1) is 0 Å².